The predicted molar refractivity (Wildman–Crippen MR) is 37.7 cm³/mol. The van der Waals surface area contributed by atoms with Crippen molar-refractivity contribution in [2.45, 2.75) is 6.92 Å². The molecule has 0 atom stereocenters. The molecule has 0 aromatic heterocycles. The van der Waals surface area contributed by atoms with Gasteiger partial charge in [-0.1, -0.05) is 0 Å². The van der Waals surface area contributed by atoms with Crippen LogP contribution in [0.15, 0.2) is 10.6 Å². The number of hydrogen-bond acceptors (Lipinski definition) is 4. The van der Waals surface area contributed by atoms with Crippen LogP contribution in [0.25, 0.3) is 0 Å². The van der Waals surface area contributed by atoms with Crippen LogP contribution in [0.1, 0.15) is 6.92 Å². The van der Waals surface area contributed by atoms with Gasteiger partial charge in [-0.3, -0.25) is 0 Å². The summed E-state index contributed by atoms with van der Waals surface area (Å²) >= 11 is 0.553. The first kappa shape index (κ1) is 8.85. The van der Waals surface area contributed by atoms with Crippen molar-refractivity contribution in [3.63, 3.8) is 0 Å². The minimum Gasteiger partial charge on any atom is -0.477 e. The number of carboxylic acid groups (broad SMARTS) is 1. The fourth-order valence-corrected chi connectivity index (χ4v) is 0.678. The van der Waals surface area contributed by atoms with Crippen LogP contribution < -0.4 is 5.73 Å². The van der Waals surface area contributed by atoms with E-state index in [1.165, 1.54) is 6.92 Å². The Labute approximate surface area is 62.3 Å². The van der Waals surface area contributed by atoms with Crippen LogP contribution in [0, 0.1) is 10.7 Å². The molecule has 0 aliphatic carbocycles. The van der Waals surface area contributed by atoms with Crippen molar-refractivity contribution >= 4 is 17.7 Å². The van der Waals surface area contributed by atoms with Crippen molar-refractivity contribution in [3.05, 3.63) is 10.6 Å². The molecular weight excluding hydrogens is 152 g/mol. The van der Waals surface area contributed by atoms with Gasteiger partial charge in [-0.25, -0.2) is 4.79 Å². The summed E-state index contributed by atoms with van der Waals surface area (Å²) < 4.78 is 0. The van der Waals surface area contributed by atoms with E-state index in [1.54, 1.807) is 5.40 Å². The molecule has 0 saturated heterocycles. The molecule has 0 rings (SSSR count). The van der Waals surface area contributed by atoms with Crippen molar-refractivity contribution in [2.75, 3.05) is 0 Å². The maximum absolute atomic E-state index is 10.2. The highest BCUT2D eigenvalue weighted by Crippen LogP contribution is 2.15. The lowest BCUT2D eigenvalue weighted by molar-refractivity contribution is -0.131. The van der Waals surface area contributed by atoms with Gasteiger partial charge in [0.05, 0.1) is 0 Å². The van der Waals surface area contributed by atoms with Crippen LogP contribution in [-0.4, -0.2) is 11.1 Å². The van der Waals surface area contributed by atoms with E-state index < -0.39 is 5.97 Å². The number of allylic oxidation sites excluding steroid dienone is 1. The number of thiocyanates is 1. The molecule has 0 aromatic rings. The summed E-state index contributed by atoms with van der Waals surface area (Å²) in [5, 5.41) is 18.1. The number of nitriles is 1. The molecule has 0 saturated carbocycles. The number of rotatable bonds is 2. The van der Waals surface area contributed by atoms with E-state index in [0.29, 0.717) is 11.8 Å². The highest BCUT2D eigenvalue weighted by Gasteiger charge is 2.09. The van der Waals surface area contributed by atoms with Gasteiger partial charge in [0.2, 0.25) is 0 Å². The Hall–Kier alpha value is -1.15. The maximum atomic E-state index is 10.2. The predicted octanol–water partition coefficient (Wildman–Crippen LogP) is 0.475. The third kappa shape index (κ3) is 2.42. The molecule has 0 radical (unpaired) electrons. The van der Waals surface area contributed by atoms with E-state index in [2.05, 4.69) is 0 Å². The molecule has 3 N–H and O–H groups in total. The first-order valence-corrected chi connectivity index (χ1v) is 3.16. The number of aliphatic carboxylic acids is 1. The minimum atomic E-state index is -1.16. The summed E-state index contributed by atoms with van der Waals surface area (Å²) in [5.74, 6) is -1.16. The summed E-state index contributed by atoms with van der Waals surface area (Å²) in [7, 11) is 0. The number of thioether (sulfide) groups is 1. The third-order valence-corrected chi connectivity index (χ3v) is 1.49. The Morgan fingerprint density at radius 1 is 1.80 bits per heavy atom. The summed E-state index contributed by atoms with van der Waals surface area (Å²) in [4.78, 5) is 10.1. The molecule has 0 spiro atoms. The van der Waals surface area contributed by atoms with Gasteiger partial charge in [0, 0.05) is 5.70 Å². The Balaban J connectivity index is 4.48. The zero-order chi connectivity index (χ0) is 8.15. The van der Waals surface area contributed by atoms with E-state index in [-0.39, 0.29) is 10.6 Å². The van der Waals surface area contributed by atoms with E-state index in [1.807, 2.05) is 0 Å². The SMILES string of the molecule is CC(N)=C(SC#N)C(=O)O. The fourth-order valence-electron chi connectivity index (χ4n) is 0.338. The second-order valence-corrected chi connectivity index (χ2v) is 2.31. The largest absolute Gasteiger partial charge is 0.477 e. The van der Waals surface area contributed by atoms with E-state index >= 15 is 0 Å². The van der Waals surface area contributed by atoms with Crippen LogP contribution in [0.3, 0.4) is 0 Å². The van der Waals surface area contributed by atoms with Crippen LogP contribution in [0.4, 0.5) is 0 Å². The lowest BCUT2D eigenvalue weighted by atomic mass is 10.4. The molecule has 10 heavy (non-hydrogen) atoms. The Bertz CT molecular complexity index is 212. The van der Waals surface area contributed by atoms with Gasteiger partial charge in [-0.2, -0.15) is 5.26 Å². The zero-order valence-electron chi connectivity index (χ0n) is 5.29. The minimum absolute atomic E-state index is 0.109. The summed E-state index contributed by atoms with van der Waals surface area (Å²) in [5.41, 5.74) is 5.30. The smallest absolute Gasteiger partial charge is 0.345 e. The number of nitrogens with two attached hydrogens (primary N) is 1. The molecule has 0 aliphatic heterocycles. The number of nitrogens with zero attached hydrogens (tertiary/aromatic N) is 1. The standard InChI is InChI=1S/C5H6N2O2S/c1-3(7)4(5(8)9)10-2-6/h7H2,1H3,(H,8,9). The van der Waals surface area contributed by atoms with E-state index in [0.717, 1.165) is 0 Å². The molecule has 0 heterocycles. The average molecular weight is 158 g/mol. The monoisotopic (exact) mass is 158 g/mol. The lowest BCUT2D eigenvalue weighted by Gasteiger charge is -1.95. The van der Waals surface area contributed by atoms with Gasteiger partial charge in [-0.15, -0.1) is 0 Å². The van der Waals surface area contributed by atoms with Gasteiger partial charge in [0.25, 0.3) is 0 Å². The fraction of sp³-hybridized carbons (Fsp3) is 0.200. The molecule has 54 valence electrons. The quantitative estimate of drug-likeness (QED) is 0.450. The summed E-state index contributed by atoms with van der Waals surface area (Å²) in [6, 6.07) is 0. The lowest BCUT2D eigenvalue weighted by Crippen LogP contribution is -2.04. The van der Waals surface area contributed by atoms with Crippen LogP contribution >= 0.6 is 11.8 Å². The van der Waals surface area contributed by atoms with Crippen molar-refractivity contribution in [3.8, 4) is 5.40 Å². The Morgan fingerprint density at radius 2 is 2.30 bits per heavy atom. The first-order chi connectivity index (χ1) is 4.59. The summed E-state index contributed by atoms with van der Waals surface area (Å²) in [6.07, 6.45) is 0. The second-order valence-electron chi connectivity index (χ2n) is 1.51. The van der Waals surface area contributed by atoms with Gasteiger partial charge >= 0.3 is 5.97 Å². The highest BCUT2D eigenvalue weighted by molar-refractivity contribution is 8.08. The number of hydrogen-bond donors (Lipinski definition) is 2. The maximum Gasteiger partial charge on any atom is 0.345 e. The zero-order valence-corrected chi connectivity index (χ0v) is 6.10. The molecule has 0 aliphatic rings. The molecule has 0 bridgehead atoms. The second kappa shape index (κ2) is 3.80. The van der Waals surface area contributed by atoms with Crippen molar-refractivity contribution in [1.82, 2.24) is 0 Å². The molecule has 0 fully saturated rings. The number of carbonyl (C=O) groups is 1. The van der Waals surface area contributed by atoms with Gasteiger partial charge in [0.15, 0.2) is 0 Å². The van der Waals surface area contributed by atoms with Crippen molar-refractivity contribution in [2.24, 2.45) is 5.73 Å². The molecule has 0 aromatic carbocycles. The molecule has 0 unspecified atom stereocenters. The van der Waals surface area contributed by atoms with E-state index in [4.69, 9.17) is 16.1 Å². The van der Waals surface area contributed by atoms with Crippen LogP contribution in [0.5, 0.6) is 0 Å². The third-order valence-electron chi connectivity index (χ3n) is 0.700. The van der Waals surface area contributed by atoms with Gasteiger partial charge in [0.1, 0.15) is 10.3 Å². The molecular formula is C5H6N2O2S. The average Bonchev–Trinajstić information content (AvgIpc) is 1.81. The Morgan fingerprint density at radius 3 is 2.40 bits per heavy atom. The van der Waals surface area contributed by atoms with Crippen LogP contribution in [-0.2, 0) is 4.79 Å². The number of carboxylic acids is 1. The molecule has 4 nitrogen and oxygen atoms in total. The van der Waals surface area contributed by atoms with Crippen molar-refractivity contribution in [1.29, 1.82) is 5.26 Å². The van der Waals surface area contributed by atoms with Crippen molar-refractivity contribution < 1.29 is 9.90 Å². The summed E-state index contributed by atoms with van der Waals surface area (Å²) in [6.45, 7) is 1.44. The van der Waals surface area contributed by atoms with Crippen LogP contribution in [0.2, 0.25) is 0 Å². The molecule has 5 heteroatoms. The topological polar surface area (TPSA) is 87.1 Å². The molecule has 0 amide bonds. The highest BCUT2D eigenvalue weighted by atomic mass is 32.2. The van der Waals surface area contributed by atoms with Gasteiger partial charge < -0.3 is 10.8 Å². The first-order valence-electron chi connectivity index (χ1n) is 2.35. The normalized spacial score (nSPS) is 11.6. The van der Waals surface area contributed by atoms with E-state index in [9.17, 15) is 4.79 Å². The van der Waals surface area contributed by atoms with Gasteiger partial charge in [-0.05, 0) is 18.7 Å². The Kier molecular flexibility index (Phi) is 3.36.